The quantitative estimate of drug-likeness (QED) is 0.841. The fourth-order valence-corrected chi connectivity index (χ4v) is 3.38. The normalized spacial score (nSPS) is 29.1. The summed E-state index contributed by atoms with van der Waals surface area (Å²) in [5, 5.41) is 0. The smallest absolute Gasteiger partial charge is 0.251 e. The minimum atomic E-state index is -0.254. The summed E-state index contributed by atoms with van der Waals surface area (Å²) in [5.74, 6) is 0.0941. The molecule has 3 rings (SSSR count). The van der Waals surface area contributed by atoms with Crippen molar-refractivity contribution in [2.24, 2.45) is 0 Å². The van der Waals surface area contributed by atoms with Crippen molar-refractivity contribution < 1.29 is 9.53 Å². The number of likely N-dealkylation sites (N-methyl/N-ethyl adjacent to an activating group) is 1. The molecule has 5 heteroatoms. The third kappa shape index (κ3) is 3.09. The Morgan fingerprint density at radius 2 is 2.24 bits per heavy atom. The first-order valence-corrected chi connectivity index (χ1v) is 7.66. The van der Waals surface area contributed by atoms with Crippen molar-refractivity contribution in [3.63, 3.8) is 0 Å². The first-order chi connectivity index (χ1) is 10.1. The summed E-state index contributed by atoms with van der Waals surface area (Å²) in [4.78, 5) is 20.5. The molecule has 0 bridgehead atoms. The van der Waals surface area contributed by atoms with Gasteiger partial charge < -0.3 is 9.64 Å². The lowest BCUT2D eigenvalue weighted by molar-refractivity contribution is -0.152. The van der Waals surface area contributed by atoms with Gasteiger partial charge in [0, 0.05) is 39.4 Å². The minimum absolute atomic E-state index is 0.0941. The van der Waals surface area contributed by atoms with Crippen molar-refractivity contribution in [1.29, 1.82) is 0 Å². The van der Waals surface area contributed by atoms with E-state index in [1.54, 1.807) is 19.0 Å². The van der Waals surface area contributed by atoms with Crippen molar-refractivity contribution in [3.8, 4) is 0 Å². The molecule has 114 valence electrons. The molecule has 2 fully saturated rings. The van der Waals surface area contributed by atoms with E-state index in [4.69, 9.17) is 4.74 Å². The van der Waals surface area contributed by atoms with Crippen molar-refractivity contribution in [3.05, 3.63) is 30.1 Å². The van der Waals surface area contributed by atoms with Crippen LogP contribution in [0.25, 0.3) is 0 Å². The third-order valence-electron chi connectivity index (χ3n) is 4.47. The van der Waals surface area contributed by atoms with E-state index in [0.717, 1.165) is 38.0 Å². The van der Waals surface area contributed by atoms with E-state index in [0.29, 0.717) is 6.04 Å². The average Bonchev–Trinajstić information content (AvgIpc) is 2.90. The summed E-state index contributed by atoms with van der Waals surface area (Å²) in [5.41, 5.74) is 1.10. The molecule has 21 heavy (non-hydrogen) atoms. The lowest BCUT2D eigenvalue weighted by Crippen LogP contribution is -2.47. The highest BCUT2D eigenvalue weighted by molar-refractivity contribution is 5.80. The van der Waals surface area contributed by atoms with E-state index >= 15 is 0 Å². The van der Waals surface area contributed by atoms with Gasteiger partial charge in [-0.2, -0.15) is 0 Å². The lowest BCUT2D eigenvalue weighted by Gasteiger charge is -2.36. The third-order valence-corrected chi connectivity index (χ3v) is 4.47. The number of carbonyl (C=O) groups is 1. The molecule has 1 aromatic rings. The molecule has 2 aliphatic rings. The number of amides is 1. The van der Waals surface area contributed by atoms with Gasteiger partial charge in [-0.05, 0) is 31.4 Å². The Kier molecular flexibility index (Phi) is 4.22. The van der Waals surface area contributed by atoms with Crippen LogP contribution in [0.2, 0.25) is 0 Å². The van der Waals surface area contributed by atoms with Crippen LogP contribution in [0.4, 0.5) is 0 Å². The van der Waals surface area contributed by atoms with E-state index in [9.17, 15) is 4.79 Å². The second-order valence-electron chi connectivity index (χ2n) is 6.12. The van der Waals surface area contributed by atoms with Crippen LogP contribution in [0, 0.1) is 0 Å². The van der Waals surface area contributed by atoms with Gasteiger partial charge in [-0.3, -0.25) is 14.7 Å². The van der Waals surface area contributed by atoms with E-state index < -0.39 is 0 Å². The number of fused-ring (bicyclic) bond motifs is 1. The minimum Gasteiger partial charge on any atom is -0.363 e. The predicted molar refractivity (Wildman–Crippen MR) is 79.6 cm³/mol. The van der Waals surface area contributed by atoms with Gasteiger partial charge in [0.1, 0.15) is 6.10 Å². The molecule has 2 saturated heterocycles. The summed E-state index contributed by atoms with van der Waals surface area (Å²) < 4.78 is 6.05. The summed E-state index contributed by atoms with van der Waals surface area (Å²) in [7, 11) is 3.58. The molecule has 0 spiro atoms. The highest BCUT2D eigenvalue weighted by Gasteiger charge is 2.41. The summed E-state index contributed by atoms with van der Waals surface area (Å²) in [6, 6.07) is 6.46. The van der Waals surface area contributed by atoms with Crippen molar-refractivity contribution >= 4 is 5.91 Å². The molecule has 3 heterocycles. The molecule has 5 nitrogen and oxygen atoms in total. The number of aromatic nitrogens is 1. The second kappa shape index (κ2) is 6.12. The highest BCUT2D eigenvalue weighted by Crippen LogP contribution is 2.32. The van der Waals surface area contributed by atoms with E-state index in [1.165, 1.54) is 0 Å². The SMILES string of the molecule is CN(C)C(=O)[C@@H]1CC[C@@H]2[C@@H](CCN2Cc2ccccn2)O1. The van der Waals surface area contributed by atoms with Crippen LogP contribution in [-0.2, 0) is 16.1 Å². The summed E-state index contributed by atoms with van der Waals surface area (Å²) in [6.45, 7) is 1.90. The largest absolute Gasteiger partial charge is 0.363 e. The molecule has 0 saturated carbocycles. The van der Waals surface area contributed by atoms with Gasteiger partial charge >= 0.3 is 0 Å². The Morgan fingerprint density at radius 3 is 2.95 bits per heavy atom. The topological polar surface area (TPSA) is 45.7 Å². The molecule has 0 unspecified atom stereocenters. The maximum Gasteiger partial charge on any atom is 0.251 e. The highest BCUT2D eigenvalue weighted by atomic mass is 16.5. The molecular weight excluding hydrogens is 266 g/mol. The summed E-state index contributed by atoms with van der Waals surface area (Å²) in [6.07, 6.45) is 4.63. The Morgan fingerprint density at radius 1 is 1.38 bits per heavy atom. The maximum atomic E-state index is 12.0. The van der Waals surface area contributed by atoms with Crippen LogP contribution in [0.5, 0.6) is 0 Å². The number of ether oxygens (including phenoxy) is 1. The fraction of sp³-hybridized carbons (Fsp3) is 0.625. The summed E-state index contributed by atoms with van der Waals surface area (Å²) >= 11 is 0. The Bertz CT molecular complexity index is 492. The molecule has 0 aliphatic carbocycles. The van der Waals surface area contributed by atoms with Gasteiger partial charge in [0.05, 0.1) is 11.8 Å². The lowest BCUT2D eigenvalue weighted by atomic mass is 9.98. The molecule has 0 aromatic carbocycles. The Hall–Kier alpha value is -1.46. The molecule has 2 aliphatic heterocycles. The zero-order valence-electron chi connectivity index (χ0n) is 12.7. The number of nitrogens with zero attached hydrogens (tertiary/aromatic N) is 3. The first-order valence-electron chi connectivity index (χ1n) is 7.66. The second-order valence-corrected chi connectivity index (χ2v) is 6.12. The number of hydrogen-bond acceptors (Lipinski definition) is 4. The van der Waals surface area contributed by atoms with Gasteiger partial charge in [-0.25, -0.2) is 0 Å². The van der Waals surface area contributed by atoms with Gasteiger partial charge in [-0.1, -0.05) is 6.07 Å². The van der Waals surface area contributed by atoms with Crippen LogP contribution in [0.3, 0.4) is 0 Å². The van der Waals surface area contributed by atoms with Gasteiger partial charge in [0.15, 0.2) is 0 Å². The Labute approximate surface area is 125 Å². The zero-order chi connectivity index (χ0) is 14.8. The zero-order valence-corrected chi connectivity index (χ0v) is 12.7. The molecule has 1 amide bonds. The van der Waals surface area contributed by atoms with E-state index in [2.05, 4.69) is 16.0 Å². The van der Waals surface area contributed by atoms with E-state index in [-0.39, 0.29) is 18.1 Å². The number of rotatable bonds is 3. The molecular formula is C16H23N3O2. The number of hydrogen-bond donors (Lipinski definition) is 0. The van der Waals surface area contributed by atoms with Gasteiger partial charge in [0.25, 0.3) is 5.91 Å². The predicted octanol–water partition coefficient (Wildman–Crippen LogP) is 1.29. The monoisotopic (exact) mass is 289 g/mol. The van der Waals surface area contributed by atoms with Crippen LogP contribution in [0.1, 0.15) is 25.0 Å². The number of likely N-dealkylation sites (tertiary alicyclic amines) is 1. The van der Waals surface area contributed by atoms with Gasteiger partial charge in [0.2, 0.25) is 0 Å². The van der Waals surface area contributed by atoms with Crippen LogP contribution < -0.4 is 0 Å². The van der Waals surface area contributed by atoms with Crippen LogP contribution in [0.15, 0.2) is 24.4 Å². The molecule has 0 radical (unpaired) electrons. The van der Waals surface area contributed by atoms with Crippen molar-refractivity contribution in [2.45, 2.75) is 44.1 Å². The number of carbonyl (C=O) groups excluding carboxylic acids is 1. The molecule has 0 N–H and O–H groups in total. The van der Waals surface area contributed by atoms with Crippen LogP contribution >= 0.6 is 0 Å². The fourth-order valence-electron chi connectivity index (χ4n) is 3.38. The van der Waals surface area contributed by atoms with Gasteiger partial charge in [-0.15, -0.1) is 0 Å². The standard InChI is InChI=1S/C16H23N3O2/c1-18(2)16(20)15-7-6-13-14(21-15)8-10-19(13)11-12-5-3-4-9-17-12/h3-5,9,13-15H,6-8,10-11H2,1-2H3/t13-,14-,15+/m1/s1. The van der Waals surface area contributed by atoms with E-state index in [1.807, 2.05) is 18.3 Å². The first kappa shape index (κ1) is 14.5. The molecule has 1 aromatic heterocycles. The Balaban J connectivity index is 1.61. The molecule has 3 atom stereocenters. The maximum absolute atomic E-state index is 12.0. The van der Waals surface area contributed by atoms with Crippen LogP contribution in [-0.4, -0.2) is 59.6 Å². The van der Waals surface area contributed by atoms with Crippen molar-refractivity contribution in [1.82, 2.24) is 14.8 Å². The number of pyridine rings is 1. The average molecular weight is 289 g/mol. The van der Waals surface area contributed by atoms with Crippen molar-refractivity contribution in [2.75, 3.05) is 20.6 Å².